The summed E-state index contributed by atoms with van der Waals surface area (Å²) >= 11 is 7.96. The van der Waals surface area contributed by atoms with E-state index in [0.29, 0.717) is 16.5 Å². The van der Waals surface area contributed by atoms with E-state index in [1.807, 2.05) is 53.4 Å². The standard InChI is InChI=1S/C26H28ClN5O2S/c1-26(2,34)20-6-5-18(21(27)14-20)16-32-22-7-4-17(12-19(22)15-28-32)13-23-24(33)29-25(35-23)31-10-8-30(3)9-11-31/h4-7,12-15,34H,8-11,16H2,1-3H3/b23-13+. The summed E-state index contributed by atoms with van der Waals surface area (Å²) in [5.74, 6) is -0.177. The number of aliphatic hydroxyl groups is 1. The van der Waals surface area contributed by atoms with Gasteiger partial charge in [-0.3, -0.25) is 9.48 Å². The Labute approximate surface area is 214 Å². The number of thioether (sulfide) groups is 1. The van der Waals surface area contributed by atoms with Gasteiger partial charge in [0.2, 0.25) is 0 Å². The summed E-state index contributed by atoms with van der Waals surface area (Å²) < 4.78 is 1.90. The van der Waals surface area contributed by atoms with Crippen molar-refractivity contribution in [1.29, 1.82) is 0 Å². The highest BCUT2D eigenvalue weighted by molar-refractivity contribution is 8.18. The van der Waals surface area contributed by atoms with Gasteiger partial charge in [-0.2, -0.15) is 10.1 Å². The molecule has 0 spiro atoms. The van der Waals surface area contributed by atoms with Crippen molar-refractivity contribution in [3.8, 4) is 0 Å². The van der Waals surface area contributed by atoms with Gasteiger partial charge in [-0.05, 0) is 73.6 Å². The first kappa shape index (κ1) is 24.1. The number of likely N-dealkylation sites (N-methyl/N-ethyl adjacent to an activating group) is 1. The number of amidine groups is 1. The number of hydrogen-bond acceptors (Lipinski definition) is 6. The van der Waals surface area contributed by atoms with E-state index in [1.54, 1.807) is 13.8 Å². The van der Waals surface area contributed by atoms with Gasteiger partial charge in [0.1, 0.15) is 0 Å². The quantitative estimate of drug-likeness (QED) is 0.532. The highest BCUT2D eigenvalue weighted by Gasteiger charge is 2.27. The molecule has 2 aromatic carbocycles. The van der Waals surface area contributed by atoms with Gasteiger partial charge in [0.05, 0.1) is 28.8 Å². The lowest BCUT2D eigenvalue weighted by molar-refractivity contribution is -0.113. The Morgan fingerprint density at radius 2 is 1.91 bits per heavy atom. The molecule has 3 heterocycles. The van der Waals surface area contributed by atoms with Gasteiger partial charge in [0.25, 0.3) is 5.91 Å². The number of rotatable bonds is 4. The van der Waals surface area contributed by atoms with E-state index < -0.39 is 5.60 Å². The normalized spacial score (nSPS) is 18.7. The van der Waals surface area contributed by atoms with E-state index in [1.165, 1.54) is 11.8 Å². The Bertz CT molecular complexity index is 1350. The minimum Gasteiger partial charge on any atom is -0.386 e. The van der Waals surface area contributed by atoms with E-state index in [4.69, 9.17) is 11.6 Å². The molecule has 7 nitrogen and oxygen atoms in total. The summed E-state index contributed by atoms with van der Waals surface area (Å²) in [6.45, 7) is 7.72. The summed E-state index contributed by atoms with van der Waals surface area (Å²) in [5, 5.41) is 17.2. The van der Waals surface area contributed by atoms with E-state index in [9.17, 15) is 9.90 Å². The van der Waals surface area contributed by atoms with Crippen LogP contribution in [0.5, 0.6) is 0 Å². The van der Waals surface area contributed by atoms with Crippen LogP contribution in [0.4, 0.5) is 0 Å². The molecule has 182 valence electrons. The van der Waals surface area contributed by atoms with Crippen molar-refractivity contribution >= 4 is 51.4 Å². The molecule has 1 saturated heterocycles. The van der Waals surface area contributed by atoms with Crippen LogP contribution < -0.4 is 0 Å². The first-order valence-corrected chi connectivity index (χ1v) is 12.8. The zero-order valence-electron chi connectivity index (χ0n) is 20.0. The lowest BCUT2D eigenvalue weighted by Gasteiger charge is -2.32. The highest BCUT2D eigenvalue weighted by atomic mass is 35.5. The largest absolute Gasteiger partial charge is 0.386 e. The van der Waals surface area contributed by atoms with Crippen molar-refractivity contribution in [2.45, 2.75) is 26.0 Å². The Morgan fingerprint density at radius 3 is 2.63 bits per heavy atom. The van der Waals surface area contributed by atoms with E-state index in [0.717, 1.165) is 58.9 Å². The minimum atomic E-state index is -0.944. The predicted molar refractivity (Wildman–Crippen MR) is 143 cm³/mol. The zero-order valence-corrected chi connectivity index (χ0v) is 21.6. The number of hydrogen-bond donors (Lipinski definition) is 1. The summed E-state index contributed by atoms with van der Waals surface area (Å²) in [5.41, 5.74) is 2.68. The maximum atomic E-state index is 12.5. The molecule has 0 unspecified atom stereocenters. The smallest absolute Gasteiger partial charge is 0.286 e. The molecule has 5 rings (SSSR count). The molecule has 2 aliphatic heterocycles. The number of carbonyl (C=O) groups excluding carboxylic acids is 1. The number of carbonyl (C=O) groups is 1. The molecular formula is C26H28ClN5O2S. The number of halogens is 1. The molecule has 0 bridgehead atoms. The average Bonchev–Trinajstić information content (AvgIpc) is 3.38. The number of amides is 1. The lowest BCUT2D eigenvalue weighted by Crippen LogP contribution is -2.46. The van der Waals surface area contributed by atoms with E-state index in [-0.39, 0.29) is 5.91 Å². The second-order valence-electron chi connectivity index (χ2n) is 9.59. The molecule has 9 heteroatoms. The average molecular weight is 510 g/mol. The molecule has 1 amide bonds. The summed E-state index contributed by atoms with van der Waals surface area (Å²) in [6.07, 6.45) is 3.73. The first-order valence-electron chi connectivity index (χ1n) is 11.6. The van der Waals surface area contributed by atoms with Crippen LogP contribution in [-0.2, 0) is 16.9 Å². The topological polar surface area (TPSA) is 74.0 Å². The number of piperazine rings is 1. The van der Waals surface area contributed by atoms with Gasteiger partial charge >= 0.3 is 0 Å². The van der Waals surface area contributed by atoms with Gasteiger partial charge < -0.3 is 14.9 Å². The summed E-state index contributed by atoms with van der Waals surface area (Å²) in [4.78, 5) is 21.9. The van der Waals surface area contributed by atoms with Crippen molar-refractivity contribution in [2.24, 2.45) is 4.99 Å². The van der Waals surface area contributed by atoms with Crippen molar-refractivity contribution < 1.29 is 9.90 Å². The van der Waals surface area contributed by atoms with Crippen LogP contribution >= 0.6 is 23.4 Å². The Hall–Kier alpha value is -2.65. The van der Waals surface area contributed by atoms with Crippen LogP contribution in [0.3, 0.4) is 0 Å². The van der Waals surface area contributed by atoms with Crippen LogP contribution in [0.15, 0.2) is 52.5 Å². The van der Waals surface area contributed by atoms with Crippen molar-refractivity contribution in [3.63, 3.8) is 0 Å². The fourth-order valence-corrected chi connectivity index (χ4v) is 5.43. The third-order valence-electron chi connectivity index (χ3n) is 6.43. The van der Waals surface area contributed by atoms with Gasteiger partial charge in [0.15, 0.2) is 5.17 Å². The van der Waals surface area contributed by atoms with Crippen molar-refractivity contribution in [1.82, 2.24) is 19.6 Å². The van der Waals surface area contributed by atoms with Crippen LogP contribution in [0.2, 0.25) is 5.02 Å². The molecule has 0 atom stereocenters. The Morgan fingerprint density at radius 1 is 1.14 bits per heavy atom. The molecule has 1 N–H and O–H groups in total. The van der Waals surface area contributed by atoms with Crippen molar-refractivity contribution in [3.05, 3.63) is 69.2 Å². The third kappa shape index (κ3) is 5.16. The summed E-state index contributed by atoms with van der Waals surface area (Å²) in [7, 11) is 2.11. The molecule has 0 saturated carbocycles. The van der Waals surface area contributed by atoms with E-state index in [2.05, 4.69) is 26.9 Å². The van der Waals surface area contributed by atoms with Gasteiger partial charge in [-0.1, -0.05) is 29.8 Å². The molecule has 1 fully saturated rings. The fraction of sp³-hybridized carbons (Fsp3) is 0.346. The zero-order chi connectivity index (χ0) is 24.7. The number of nitrogens with zero attached hydrogens (tertiary/aromatic N) is 5. The second kappa shape index (κ2) is 9.43. The lowest BCUT2D eigenvalue weighted by atomic mass is 9.97. The third-order valence-corrected chi connectivity index (χ3v) is 7.82. The van der Waals surface area contributed by atoms with Crippen molar-refractivity contribution in [2.75, 3.05) is 33.2 Å². The van der Waals surface area contributed by atoms with Gasteiger partial charge in [0, 0.05) is 36.6 Å². The van der Waals surface area contributed by atoms with Crippen LogP contribution in [0.25, 0.3) is 17.0 Å². The molecule has 1 aromatic heterocycles. The first-order chi connectivity index (χ1) is 16.7. The van der Waals surface area contributed by atoms with Crippen LogP contribution in [0, 0.1) is 0 Å². The number of aromatic nitrogens is 2. The molecular weight excluding hydrogens is 482 g/mol. The fourth-order valence-electron chi connectivity index (χ4n) is 4.22. The molecule has 35 heavy (non-hydrogen) atoms. The van der Waals surface area contributed by atoms with E-state index >= 15 is 0 Å². The molecule has 0 aliphatic carbocycles. The Kier molecular flexibility index (Phi) is 6.48. The predicted octanol–water partition coefficient (Wildman–Crippen LogP) is 4.18. The second-order valence-corrected chi connectivity index (χ2v) is 11.0. The van der Waals surface area contributed by atoms with Gasteiger partial charge in [-0.25, -0.2) is 0 Å². The van der Waals surface area contributed by atoms with Crippen LogP contribution in [-0.4, -0.2) is 69.0 Å². The molecule has 0 radical (unpaired) electrons. The van der Waals surface area contributed by atoms with Crippen LogP contribution in [0.1, 0.15) is 30.5 Å². The Balaban J connectivity index is 1.32. The highest BCUT2D eigenvalue weighted by Crippen LogP contribution is 2.32. The maximum absolute atomic E-state index is 12.5. The molecule has 3 aromatic rings. The van der Waals surface area contributed by atoms with Gasteiger partial charge in [-0.15, -0.1) is 0 Å². The minimum absolute atomic E-state index is 0.177. The number of aliphatic imine (C=N–C) groups is 1. The monoisotopic (exact) mass is 509 g/mol. The maximum Gasteiger partial charge on any atom is 0.286 e. The number of fused-ring (bicyclic) bond motifs is 1. The SMILES string of the molecule is CN1CCN(C2=NC(=O)/C(=C\c3ccc4c(cnn4Cc4ccc(C(C)(C)O)cc4Cl)c3)S2)CC1. The number of benzene rings is 2. The summed E-state index contributed by atoms with van der Waals surface area (Å²) in [6, 6.07) is 11.7. The molecule has 2 aliphatic rings.